The predicted octanol–water partition coefficient (Wildman–Crippen LogP) is 6.18. The van der Waals surface area contributed by atoms with Crippen molar-refractivity contribution < 1.29 is 14.6 Å². The lowest BCUT2D eigenvalue weighted by molar-refractivity contribution is -0.117. The lowest BCUT2D eigenvalue weighted by Gasteiger charge is -2.13. The van der Waals surface area contributed by atoms with E-state index in [4.69, 9.17) is 4.74 Å². The van der Waals surface area contributed by atoms with E-state index in [1.165, 1.54) is 19.3 Å². The van der Waals surface area contributed by atoms with Crippen LogP contribution in [0.4, 0.5) is 0 Å². The monoisotopic (exact) mass is 431 g/mol. The molecule has 0 saturated heterocycles. The minimum absolute atomic E-state index is 0.0838. The molecule has 1 amide bonds. The summed E-state index contributed by atoms with van der Waals surface area (Å²) in [5.41, 5.74) is 1.74. The van der Waals surface area contributed by atoms with Crippen molar-refractivity contribution >= 4 is 16.7 Å². The van der Waals surface area contributed by atoms with Crippen LogP contribution in [0.15, 0.2) is 78.4 Å². The number of benzene rings is 3. The van der Waals surface area contributed by atoms with E-state index in [1.807, 2.05) is 48.5 Å². The van der Waals surface area contributed by atoms with E-state index in [2.05, 4.69) is 24.4 Å². The van der Waals surface area contributed by atoms with Crippen molar-refractivity contribution in [2.24, 2.45) is 0 Å². The number of unbranched alkanes of at least 4 members (excludes halogenated alkanes) is 4. The van der Waals surface area contributed by atoms with Gasteiger partial charge in [-0.3, -0.25) is 4.79 Å². The quantitative estimate of drug-likeness (QED) is 0.266. The summed E-state index contributed by atoms with van der Waals surface area (Å²) in [5.74, 6) is 0.952. The molecule has 0 aliphatic heterocycles. The largest absolute Gasteiger partial charge is 0.508 e. The molecule has 0 aromatic heterocycles. The van der Waals surface area contributed by atoms with E-state index in [0.29, 0.717) is 18.5 Å². The van der Waals surface area contributed by atoms with E-state index in [0.717, 1.165) is 34.9 Å². The fraction of sp³-hybridized carbons (Fsp3) is 0.321. The second-order valence-corrected chi connectivity index (χ2v) is 8.02. The molecular weight excluding hydrogens is 398 g/mol. The Labute approximate surface area is 190 Å². The second kappa shape index (κ2) is 12.6. The molecular formula is C28H33NO3. The van der Waals surface area contributed by atoms with Crippen LogP contribution in [0.1, 0.15) is 44.6 Å². The zero-order valence-electron chi connectivity index (χ0n) is 18.8. The van der Waals surface area contributed by atoms with Crippen molar-refractivity contribution in [2.75, 3.05) is 13.2 Å². The molecule has 2 N–H and O–H groups in total. The van der Waals surface area contributed by atoms with Gasteiger partial charge >= 0.3 is 0 Å². The number of nitrogens with one attached hydrogen (secondary N) is 1. The number of hydrogen-bond donors (Lipinski definition) is 2. The number of amides is 1. The van der Waals surface area contributed by atoms with Crippen LogP contribution in [0.3, 0.4) is 0 Å². The normalized spacial score (nSPS) is 11.5. The highest BCUT2D eigenvalue weighted by atomic mass is 16.5. The molecule has 4 heteroatoms. The average Bonchev–Trinajstić information content (AvgIpc) is 2.82. The molecule has 168 valence electrons. The molecule has 0 atom stereocenters. The number of carbonyl (C=O) groups excluding carboxylic acids is 1. The molecule has 0 saturated carbocycles. The Hall–Kier alpha value is -3.27. The third-order valence-corrected chi connectivity index (χ3v) is 5.51. The Morgan fingerprint density at radius 2 is 1.75 bits per heavy atom. The molecule has 0 unspecified atom stereocenters. The predicted molar refractivity (Wildman–Crippen MR) is 131 cm³/mol. The lowest BCUT2D eigenvalue weighted by atomic mass is 10.1. The van der Waals surface area contributed by atoms with E-state index < -0.39 is 0 Å². The highest BCUT2D eigenvalue weighted by Crippen LogP contribution is 2.25. The molecule has 32 heavy (non-hydrogen) atoms. The molecule has 4 nitrogen and oxygen atoms in total. The first-order valence-electron chi connectivity index (χ1n) is 11.5. The number of phenolic OH excluding ortho intramolecular Hbond substituents is 1. The van der Waals surface area contributed by atoms with Crippen LogP contribution in [-0.2, 0) is 11.2 Å². The summed E-state index contributed by atoms with van der Waals surface area (Å²) in [6.07, 6.45) is 8.27. The van der Waals surface area contributed by atoms with Crippen LogP contribution in [0.25, 0.3) is 10.8 Å². The van der Waals surface area contributed by atoms with Gasteiger partial charge in [0.05, 0.1) is 5.57 Å². The highest BCUT2D eigenvalue weighted by Gasteiger charge is 2.11. The second-order valence-electron chi connectivity index (χ2n) is 8.02. The molecule has 0 aliphatic rings. The Bertz CT molecular complexity index is 1020. The third-order valence-electron chi connectivity index (χ3n) is 5.51. The van der Waals surface area contributed by atoms with Crippen LogP contribution in [-0.4, -0.2) is 24.2 Å². The van der Waals surface area contributed by atoms with Gasteiger partial charge in [0.25, 0.3) is 0 Å². The van der Waals surface area contributed by atoms with E-state index >= 15 is 0 Å². The van der Waals surface area contributed by atoms with Crippen molar-refractivity contribution in [1.82, 2.24) is 5.32 Å². The van der Waals surface area contributed by atoms with Crippen molar-refractivity contribution in [3.05, 3.63) is 83.9 Å². The third kappa shape index (κ3) is 7.16. The van der Waals surface area contributed by atoms with Gasteiger partial charge in [-0.1, -0.05) is 80.8 Å². The number of rotatable bonds is 12. The Morgan fingerprint density at radius 1 is 0.969 bits per heavy atom. The number of phenols is 1. The van der Waals surface area contributed by atoms with E-state index in [-0.39, 0.29) is 18.3 Å². The first kappa shape index (κ1) is 23.4. The zero-order chi connectivity index (χ0) is 22.6. The Kier molecular flexibility index (Phi) is 9.18. The van der Waals surface area contributed by atoms with Crippen LogP contribution in [0, 0.1) is 0 Å². The SMILES string of the molecule is CCCCCC/C=C(\COc1cccc2ccccc12)C(=O)NCCc1ccc(O)cc1. The number of aromatic hydroxyl groups is 1. The molecule has 3 rings (SSSR count). The highest BCUT2D eigenvalue weighted by molar-refractivity contribution is 5.94. The fourth-order valence-corrected chi connectivity index (χ4v) is 3.64. The van der Waals surface area contributed by atoms with E-state index in [1.54, 1.807) is 12.1 Å². The smallest absolute Gasteiger partial charge is 0.250 e. The first-order chi connectivity index (χ1) is 15.7. The Balaban J connectivity index is 1.61. The topological polar surface area (TPSA) is 58.6 Å². The summed E-state index contributed by atoms with van der Waals surface area (Å²) in [6.45, 7) is 2.97. The molecule has 0 fully saturated rings. The van der Waals surface area contributed by atoms with Crippen LogP contribution in [0.5, 0.6) is 11.5 Å². The van der Waals surface area contributed by atoms with Crippen molar-refractivity contribution in [1.29, 1.82) is 0 Å². The number of fused-ring (bicyclic) bond motifs is 1. The van der Waals surface area contributed by atoms with Gasteiger partial charge in [0, 0.05) is 11.9 Å². The van der Waals surface area contributed by atoms with Crippen molar-refractivity contribution in [2.45, 2.75) is 45.4 Å². The summed E-state index contributed by atoms with van der Waals surface area (Å²) >= 11 is 0. The summed E-state index contributed by atoms with van der Waals surface area (Å²) in [6, 6.07) is 21.2. The minimum Gasteiger partial charge on any atom is -0.508 e. The number of allylic oxidation sites excluding steroid dienone is 1. The maximum Gasteiger partial charge on any atom is 0.250 e. The van der Waals surface area contributed by atoms with Crippen molar-refractivity contribution in [3.63, 3.8) is 0 Å². The molecule has 0 spiro atoms. The number of carbonyl (C=O) groups is 1. The van der Waals surface area contributed by atoms with E-state index in [9.17, 15) is 9.90 Å². The fourth-order valence-electron chi connectivity index (χ4n) is 3.64. The number of ether oxygens (including phenoxy) is 1. The summed E-state index contributed by atoms with van der Waals surface area (Å²) in [5, 5.41) is 14.6. The van der Waals surface area contributed by atoms with Crippen LogP contribution >= 0.6 is 0 Å². The maximum atomic E-state index is 12.9. The van der Waals surface area contributed by atoms with Gasteiger partial charge in [-0.05, 0) is 48.4 Å². The molecule has 3 aromatic rings. The lowest BCUT2D eigenvalue weighted by Crippen LogP contribution is -2.29. The molecule has 0 radical (unpaired) electrons. The molecule has 0 aliphatic carbocycles. The summed E-state index contributed by atoms with van der Waals surface area (Å²) in [7, 11) is 0. The maximum absolute atomic E-state index is 12.9. The van der Waals surface area contributed by atoms with Gasteiger partial charge in [-0.2, -0.15) is 0 Å². The van der Waals surface area contributed by atoms with Gasteiger partial charge in [0.2, 0.25) is 5.91 Å². The summed E-state index contributed by atoms with van der Waals surface area (Å²) in [4.78, 5) is 12.9. The Morgan fingerprint density at radius 3 is 2.56 bits per heavy atom. The zero-order valence-corrected chi connectivity index (χ0v) is 18.8. The van der Waals surface area contributed by atoms with Gasteiger partial charge < -0.3 is 15.2 Å². The van der Waals surface area contributed by atoms with Crippen LogP contribution in [0.2, 0.25) is 0 Å². The molecule has 3 aromatic carbocycles. The van der Waals surface area contributed by atoms with Gasteiger partial charge in [-0.25, -0.2) is 0 Å². The molecule has 0 bridgehead atoms. The van der Waals surface area contributed by atoms with Gasteiger partial charge in [0.15, 0.2) is 0 Å². The number of hydrogen-bond acceptors (Lipinski definition) is 3. The van der Waals surface area contributed by atoms with Gasteiger partial charge in [0.1, 0.15) is 18.1 Å². The summed E-state index contributed by atoms with van der Waals surface area (Å²) < 4.78 is 6.10. The first-order valence-corrected chi connectivity index (χ1v) is 11.5. The van der Waals surface area contributed by atoms with Crippen molar-refractivity contribution in [3.8, 4) is 11.5 Å². The van der Waals surface area contributed by atoms with Gasteiger partial charge in [-0.15, -0.1) is 0 Å². The standard InChI is InChI=1S/C28H33NO3/c1-2-3-4-5-6-11-24(28(31)29-20-19-22-15-17-25(30)18-16-22)21-32-27-14-9-12-23-10-7-8-13-26(23)27/h7-18,30H,2-6,19-21H2,1H3,(H,29,31)/b24-11+. The van der Waals surface area contributed by atoms with Crippen LogP contribution < -0.4 is 10.1 Å². The minimum atomic E-state index is -0.0838. The average molecular weight is 432 g/mol. The molecule has 0 heterocycles.